The van der Waals surface area contributed by atoms with Crippen molar-refractivity contribution in [2.45, 2.75) is 78.6 Å². The Morgan fingerprint density at radius 1 is 0.489 bits per heavy atom. The van der Waals surface area contributed by atoms with Gasteiger partial charge in [0.1, 0.15) is 44.9 Å². The lowest BCUT2D eigenvalue weighted by Crippen LogP contribution is -2.17. The molecule has 0 spiro atoms. The number of fused-ring (bicyclic) bond motifs is 8. The first-order valence-electron chi connectivity index (χ1n) is 15.4. The van der Waals surface area contributed by atoms with Gasteiger partial charge in [-0.05, 0) is 64.3 Å². The highest BCUT2D eigenvalue weighted by molar-refractivity contribution is 6.31. The summed E-state index contributed by atoms with van der Waals surface area (Å²) in [7, 11) is 0. The minimum absolute atomic E-state index is 0.0228. The van der Waals surface area contributed by atoms with Crippen molar-refractivity contribution < 1.29 is 10.2 Å². The molecule has 234 valence electrons. The number of phenols is 2. The first kappa shape index (κ1) is 29.3. The van der Waals surface area contributed by atoms with Crippen molar-refractivity contribution in [3.8, 4) is 22.9 Å². The molecule has 0 saturated carbocycles. The fourth-order valence-corrected chi connectivity index (χ4v) is 6.26. The fourth-order valence-electron chi connectivity index (χ4n) is 6.09. The topological polar surface area (TPSA) is 68.0 Å². The van der Waals surface area contributed by atoms with Crippen LogP contribution in [0.5, 0.6) is 11.5 Å². The molecule has 4 aromatic carbocycles. The van der Waals surface area contributed by atoms with Gasteiger partial charge in [-0.2, -0.15) is 0 Å². The zero-order chi connectivity index (χ0) is 32.4. The summed E-state index contributed by atoms with van der Waals surface area (Å²) >= 11 is 6.03. The van der Waals surface area contributed by atoms with Gasteiger partial charge in [-0.25, -0.2) is 0 Å². The van der Waals surface area contributed by atoms with Gasteiger partial charge in [0.15, 0.2) is 0 Å². The smallest absolute Gasteiger partial charge is 0.146 e. The Hall–Kier alpha value is -4.43. The standard InChI is InChI=1S/C20H25N3O.C16H16ClN3O/c1-19(2,3)13-11-14(20(4,5)6)18(24)17(12-13)23-21-15-9-7-8-10-16(15)22(21)23;1-16(2,3)11-5-4-6-13(15(11)21)19-18-12-8-7-10(17)9-14(12)20(18)19/h7-12,24H,1-6H3;4-9,21H,1-3H3. The van der Waals surface area contributed by atoms with Crippen LogP contribution in [0.3, 0.4) is 0 Å². The minimum Gasteiger partial charge on any atom is -0.505 e. The van der Waals surface area contributed by atoms with Crippen LogP contribution in [0.4, 0.5) is 0 Å². The van der Waals surface area contributed by atoms with Crippen molar-refractivity contribution in [3.63, 3.8) is 0 Å². The van der Waals surface area contributed by atoms with Crippen LogP contribution < -0.4 is 0 Å². The predicted molar refractivity (Wildman–Crippen MR) is 182 cm³/mol. The number of halogens is 1. The maximum Gasteiger partial charge on any atom is 0.146 e. The number of nitrogens with zero attached hydrogens (tertiary/aromatic N) is 6. The van der Waals surface area contributed by atoms with E-state index in [-0.39, 0.29) is 16.2 Å². The van der Waals surface area contributed by atoms with Crippen LogP contribution in [0.15, 0.2) is 72.8 Å². The summed E-state index contributed by atoms with van der Waals surface area (Å²) < 4.78 is 8.17. The molecule has 0 aliphatic carbocycles. The highest BCUT2D eigenvalue weighted by Crippen LogP contribution is 2.41. The Kier molecular flexibility index (Phi) is 6.05. The Morgan fingerprint density at radius 2 is 1.00 bits per heavy atom. The first-order valence-corrected chi connectivity index (χ1v) is 15.8. The summed E-state index contributed by atoms with van der Waals surface area (Å²) in [5.74, 6) is 0.701. The third kappa shape index (κ3) is 4.49. The summed E-state index contributed by atoms with van der Waals surface area (Å²) in [5.41, 5.74) is 9.11. The zero-order valence-corrected chi connectivity index (χ0v) is 28.1. The van der Waals surface area contributed by atoms with E-state index in [0.717, 1.165) is 33.5 Å². The SMILES string of the molecule is CC(C)(C)c1cc(-n2n3c4ccccc4n23)c(O)c(C(C)(C)C)c1.CC(C)(C)c1cccc(-n2n3c4ccc(Cl)cc4n23)c1O. The fraction of sp³-hybridized carbons (Fsp3) is 0.333. The average molecular weight is 625 g/mol. The number of hydrogen-bond donors (Lipinski definition) is 2. The van der Waals surface area contributed by atoms with E-state index >= 15 is 0 Å². The van der Waals surface area contributed by atoms with Crippen LogP contribution in [0.1, 0.15) is 79.0 Å². The second-order valence-electron chi connectivity index (χ2n) is 15.2. The van der Waals surface area contributed by atoms with Gasteiger partial charge in [0.25, 0.3) is 0 Å². The van der Waals surface area contributed by atoms with Crippen LogP contribution >= 0.6 is 11.6 Å². The molecule has 8 aromatic rings. The van der Waals surface area contributed by atoms with Crippen molar-refractivity contribution in [1.82, 2.24) is 28.1 Å². The molecule has 0 bridgehead atoms. The van der Waals surface area contributed by atoms with E-state index in [4.69, 9.17) is 11.6 Å². The molecule has 0 unspecified atom stereocenters. The third-order valence-electron chi connectivity index (χ3n) is 8.71. The molecule has 2 N–H and O–H groups in total. The number of para-hydroxylation sites is 3. The second kappa shape index (κ2) is 9.30. The van der Waals surface area contributed by atoms with Crippen molar-refractivity contribution in [2.24, 2.45) is 0 Å². The molecule has 4 aromatic heterocycles. The molecular weight excluding hydrogens is 584 g/mol. The monoisotopic (exact) mass is 624 g/mol. The number of rotatable bonds is 2. The molecule has 0 aliphatic heterocycles. The number of aromatic nitrogens is 6. The molecule has 8 nitrogen and oxygen atoms in total. The van der Waals surface area contributed by atoms with E-state index in [1.807, 2.05) is 67.4 Å². The molecular formula is C36H41ClN6O2. The lowest BCUT2D eigenvalue weighted by Gasteiger charge is -2.26. The maximum absolute atomic E-state index is 11.0. The lowest BCUT2D eigenvalue weighted by atomic mass is 9.80. The largest absolute Gasteiger partial charge is 0.505 e. The van der Waals surface area contributed by atoms with Crippen molar-refractivity contribution >= 4 is 33.7 Å². The molecule has 8 rings (SSSR count). The van der Waals surface area contributed by atoms with Gasteiger partial charge < -0.3 is 10.2 Å². The van der Waals surface area contributed by atoms with Crippen LogP contribution in [0.25, 0.3) is 33.4 Å². The third-order valence-corrected chi connectivity index (χ3v) is 8.95. The van der Waals surface area contributed by atoms with Gasteiger partial charge in [-0.1, -0.05) is 104 Å². The Morgan fingerprint density at radius 3 is 1.56 bits per heavy atom. The quantitative estimate of drug-likeness (QED) is 0.202. The number of aromatic hydroxyl groups is 2. The molecule has 0 aliphatic rings. The number of hydrogen-bond acceptors (Lipinski definition) is 2. The van der Waals surface area contributed by atoms with Crippen LogP contribution in [0.2, 0.25) is 5.02 Å². The maximum atomic E-state index is 11.0. The van der Waals surface area contributed by atoms with E-state index in [2.05, 4.69) is 95.8 Å². The Bertz CT molecular complexity index is 2270. The second-order valence-corrected chi connectivity index (χ2v) is 15.6. The molecule has 9 heteroatoms. The molecule has 0 saturated heterocycles. The summed E-state index contributed by atoms with van der Waals surface area (Å²) in [6, 6.07) is 24.2. The first-order chi connectivity index (χ1) is 21.0. The van der Waals surface area contributed by atoms with Crippen LogP contribution in [-0.2, 0) is 16.2 Å². The molecule has 0 fully saturated rings. The molecule has 45 heavy (non-hydrogen) atoms. The Balaban J connectivity index is 0.000000146. The van der Waals surface area contributed by atoms with Gasteiger partial charge in [0, 0.05) is 16.1 Å². The molecule has 4 heterocycles. The van der Waals surface area contributed by atoms with Crippen molar-refractivity contribution in [1.29, 1.82) is 0 Å². The van der Waals surface area contributed by atoms with Crippen LogP contribution in [0, 0.1) is 0 Å². The van der Waals surface area contributed by atoms with E-state index in [1.165, 1.54) is 16.6 Å². The van der Waals surface area contributed by atoms with E-state index in [1.54, 1.807) is 0 Å². The van der Waals surface area contributed by atoms with Gasteiger partial charge in [-0.15, -0.1) is 28.1 Å². The highest BCUT2D eigenvalue weighted by atomic mass is 35.5. The summed E-state index contributed by atoms with van der Waals surface area (Å²) in [6.45, 7) is 19.3. The molecule has 0 atom stereocenters. The van der Waals surface area contributed by atoms with Gasteiger partial charge in [-0.3, -0.25) is 0 Å². The van der Waals surface area contributed by atoms with Crippen molar-refractivity contribution in [3.05, 3.63) is 94.5 Å². The minimum atomic E-state index is -0.118. The van der Waals surface area contributed by atoms with Gasteiger partial charge in [0.2, 0.25) is 0 Å². The number of phenolic OH excluding ortho intramolecular Hbond substituents is 2. The zero-order valence-electron chi connectivity index (χ0n) is 27.4. The summed E-state index contributed by atoms with van der Waals surface area (Å²) in [6.07, 6.45) is 0. The summed E-state index contributed by atoms with van der Waals surface area (Å²) in [5, 5.41) is 22.3. The van der Waals surface area contributed by atoms with E-state index < -0.39 is 0 Å². The average Bonchev–Trinajstić information content (AvgIpc) is 3.79. The van der Waals surface area contributed by atoms with Gasteiger partial charge in [0.05, 0.1) is 0 Å². The van der Waals surface area contributed by atoms with E-state index in [0.29, 0.717) is 16.5 Å². The molecule has 0 radical (unpaired) electrons. The summed E-state index contributed by atoms with van der Waals surface area (Å²) in [4.78, 5) is 4.00. The molecule has 0 amide bonds. The Labute approximate surface area is 267 Å². The van der Waals surface area contributed by atoms with Crippen molar-refractivity contribution in [2.75, 3.05) is 0 Å². The van der Waals surface area contributed by atoms with Gasteiger partial charge >= 0.3 is 0 Å². The normalized spacial score (nSPS) is 13.3. The lowest BCUT2D eigenvalue weighted by molar-refractivity contribution is 0.441. The van der Waals surface area contributed by atoms with E-state index in [9.17, 15) is 10.2 Å². The predicted octanol–water partition coefficient (Wildman–Crippen LogP) is 8.80. The highest BCUT2D eigenvalue weighted by Gasteiger charge is 2.31. The number of benzene rings is 4. The van der Waals surface area contributed by atoms with Crippen LogP contribution in [-0.4, -0.2) is 38.3 Å².